The van der Waals surface area contributed by atoms with Crippen LogP contribution < -0.4 is 10.6 Å². The maximum absolute atomic E-state index is 13.7. The Hall–Kier alpha value is -2.40. The zero-order valence-corrected chi connectivity index (χ0v) is 18.5. The Morgan fingerprint density at radius 1 is 1.03 bits per heavy atom. The van der Waals surface area contributed by atoms with Gasteiger partial charge in [-0.3, -0.25) is 4.79 Å². The molecule has 30 heavy (non-hydrogen) atoms. The first-order chi connectivity index (χ1) is 13.8. The van der Waals surface area contributed by atoms with E-state index in [4.69, 9.17) is 17.3 Å². The summed E-state index contributed by atoms with van der Waals surface area (Å²) in [6, 6.07) is 18.8. The van der Waals surface area contributed by atoms with Crippen LogP contribution >= 0.6 is 24.0 Å². The minimum atomic E-state index is -0.783. The number of aryl methyl sites for hydroxylation is 2. The third-order valence-corrected chi connectivity index (χ3v) is 5.26. The third-order valence-electron chi connectivity index (χ3n) is 5.04. The van der Waals surface area contributed by atoms with E-state index in [9.17, 15) is 9.18 Å². The molecule has 0 saturated carbocycles. The molecule has 0 heterocycles. The second-order valence-corrected chi connectivity index (χ2v) is 7.61. The van der Waals surface area contributed by atoms with Crippen molar-refractivity contribution < 1.29 is 9.18 Å². The van der Waals surface area contributed by atoms with E-state index >= 15 is 0 Å². The van der Waals surface area contributed by atoms with Crippen molar-refractivity contribution in [2.75, 3.05) is 11.4 Å². The molecular formula is C24H25Cl2FN2O. The topological polar surface area (TPSA) is 46.3 Å². The highest BCUT2D eigenvalue weighted by Crippen LogP contribution is 2.24. The van der Waals surface area contributed by atoms with Crippen LogP contribution in [-0.2, 0) is 11.2 Å². The lowest BCUT2D eigenvalue weighted by molar-refractivity contribution is -0.120. The molecule has 3 nitrogen and oxygen atoms in total. The molecule has 0 fully saturated rings. The Labute approximate surface area is 188 Å². The minimum Gasteiger partial charge on any atom is -0.316 e. The zero-order chi connectivity index (χ0) is 21.0. The zero-order valence-electron chi connectivity index (χ0n) is 16.9. The van der Waals surface area contributed by atoms with Crippen LogP contribution in [0.25, 0.3) is 0 Å². The van der Waals surface area contributed by atoms with Gasteiger partial charge in [-0.2, -0.15) is 0 Å². The minimum absolute atomic E-state index is 0. The smallest absolute Gasteiger partial charge is 0.248 e. The van der Waals surface area contributed by atoms with Gasteiger partial charge in [0.05, 0.1) is 0 Å². The number of halogens is 3. The van der Waals surface area contributed by atoms with E-state index in [1.165, 1.54) is 12.1 Å². The Morgan fingerprint density at radius 3 is 2.37 bits per heavy atom. The van der Waals surface area contributed by atoms with Crippen molar-refractivity contribution >= 4 is 35.6 Å². The Balaban J connectivity index is 0.00000320. The number of benzene rings is 3. The molecule has 0 aromatic heterocycles. The Morgan fingerprint density at radius 2 is 1.73 bits per heavy atom. The summed E-state index contributed by atoms with van der Waals surface area (Å²) in [4.78, 5) is 15.0. The monoisotopic (exact) mass is 446 g/mol. The number of carbonyl (C=O) groups is 1. The summed E-state index contributed by atoms with van der Waals surface area (Å²) in [6.07, 6.45) is 0.456. The van der Waals surface area contributed by atoms with Crippen molar-refractivity contribution in [1.82, 2.24) is 0 Å². The van der Waals surface area contributed by atoms with Gasteiger partial charge in [0.25, 0.3) is 0 Å². The molecule has 1 unspecified atom stereocenters. The molecule has 3 rings (SSSR count). The molecule has 0 aliphatic carbocycles. The highest BCUT2D eigenvalue weighted by Gasteiger charge is 2.24. The van der Waals surface area contributed by atoms with Crippen LogP contribution in [0.3, 0.4) is 0 Å². The van der Waals surface area contributed by atoms with Crippen LogP contribution in [0.2, 0.25) is 5.02 Å². The van der Waals surface area contributed by atoms with Gasteiger partial charge in [-0.1, -0.05) is 48.0 Å². The van der Waals surface area contributed by atoms with Gasteiger partial charge in [0, 0.05) is 17.3 Å². The second-order valence-electron chi connectivity index (χ2n) is 7.17. The normalized spacial score (nSPS) is 11.5. The molecule has 6 heteroatoms. The Bertz CT molecular complexity index is 991. The number of rotatable bonds is 6. The fourth-order valence-corrected chi connectivity index (χ4v) is 3.47. The number of carbonyl (C=O) groups excluding carboxylic acids is 1. The quantitative estimate of drug-likeness (QED) is 0.520. The SMILES string of the molecule is Cc1ccc(N(CCc2cc(F)cc(Cl)c2)C(=O)C(N)c2ccccc2)cc1C.Cl. The molecule has 0 radical (unpaired) electrons. The van der Waals surface area contributed by atoms with Gasteiger partial charge in [0.1, 0.15) is 11.9 Å². The fraction of sp³-hybridized carbons (Fsp3) is 0.208. The predicted molar refractivity (Wildman–Crippen MR) is 124 cm³/mol. The lowest BCUT2D eigenvalue weighted by Crippen LogP contribution is -2.40. The standard InChI is InChI=1S/C24H24ClFN2O.ClH/c1-16-8-9-22(12-17(16)2)28(11-10-18-13-20(25)15-21(26)14-18)24(29)23(27)19-6-4-3-5-7-19;/h3-9,12-15,23H,10-11,27H2,1-2H3;1H. The highest BCUT2D eigenvalue weighted by molar-refractivity contribution is 6.30. The van der Waals surface area contributed by atoms with Crippen molar-refractivity contribution in [3.63, 3.8) is 0 Å². The van der Waals surface area contributed by atoms with Crippen molar-refractivity contribution in [2.45, 2.75) is 26.3 Å². The van der Waals surface area contributed by atoms with Gasteiger partial charge < -0.3 is 10.6 Å². The molecule has 3 aromatic carbocycles. The largest absolute Gasteiger partial charge is 0.316 e. The molecule has 0 spiro atoms. The van der Waals surface area contributed by atoms with Crippen LogP contribution in [-0.4, -0.2) is 12.5 Å². The maximum atomic E-state index is 13.7. The first kappa shape index (κ1) is 23.9. The van der Waals surface area contributed by atoms with Gasteiger partial charge in [-0.25, -0.2) is 4.39 Å². The molecule has 0 aliphatic rings. The summed E-state index contributed by atoms with van der Waals surface area (Å²) >= 11 is 5.97. The average Bonchev–Trinajstić information content (AvgIpc) is 2.70. The van der Waals surface area contributed by atoms with Crippen LogP contribution in [0.4, 0.5) is 10.1 Å². The lowest BCUT2D eigenvalue weighted by atomic mass is 10.0. The van der Waals surface area contributed by atoms with Crippen LogP contribution in [0.15, 0.2) is 66.7 Å². The summed E-state index contributed by atoms with van der Waals surface area (Å²) in [6.45, 7) is 4.39. The molecule has 158 valence electrons. The van der Waals surface area contributed by atoms with Crippen LogP contribution in [0, 0.1) is 19.7 Å². The Kier molecular flexibility index (Phi) is 8.42. The third kappa shape index (κ3) is 5.82. The van der Waals surface area contributed by atoms with Gasteiger partial charge in [-0.05, 0) is 72.9 Å². The van der Waals surface area contributed by atoms with Gasteiger partial charge in [0.2, 0.25) is 5.91 Å². The average molecular weight is 447 g/mol. The number of amides is 1. The van der Waals surface area contributed by atoms with Gasteiger partial charge >= 0.3 is 0 Å². The van der Waals surface area contributed by atoms with E-state index in [1.54, 1.807) is 11.0 Å². The number of nitrogens with two attached hydrogens (primary N) is 1. The maximum Gasteiger partial charge on any atom is 0.248 e. The molecule has 0 bridgehead atoms. The second kappa shape index (κ2) is 10.6. The predicted octanol–water partition coefficient (Wildman–Crippen LogP) is 5.79. The van der Waals surface area contributed by atoms with Crippen molar-refractivity contribution in [3.8, 4) is 0 Å². The molecule has 0 aliphatic heterocycles. The van der Waals surface area contributed by atoms with Crippen molar-refractivity contribution in [3.05, 3.63) is 99.8 Å². The van der Waals surface area contributed by atoms with E-state index in [-0.39, 0.29) is 18.3 Å². The van der Waals surface area contributed by atoms with Crippen molar-refractivity contribution in [2.24, 2.45) is 5.73 Å². The summed E-state index contributed by atoms with van der Waals surface area (Å²) in [5.74, 6) is -0.598. The van der Waals surface area contributed by atoms with E-state index in [2.05, 4.69) is 0 Å². The summed E-state index contributed by atoms with van der Waals surface area (Å²) in [5.41, 5.74) is 10.8. The molecule has 1 amide bonds. The molecule has 0 saturated heterocycles. The van der Waals surface area contributed by atoms with Gasteiger partial charge in [0.15, 0.2) is 0 Å². The molecule has 1 atom stereocenters. The van der Waals surface area contributed by atoms with E-state index in [0.717, 1.165) is 27.9 Å². The number of anilines is 1. The van der Waals surface area contributed by atoms with Crippen molar-refractivity contribution in [1.29, 1.82) is 0 Å². The van der Waals surface area contributed by atoms with E-state index in [1.807, 2.05) is 62.4 Å². The van der Waals surface area contributed by atoms with Crippen LogP contribution in [0.1, 0.15) is 28.3 Å². The van der Waals surface area contributed by atoms with Crippen LogP contribution in [0.5, 0.6) is 0 Å². The summed E-state index contributed by atoms with van der Waals surface area (Å²) in [7, 11) is 0. The molecular weight excluding hydrogens is 422 g/mol. The first-order valence-corrected chi connectivity index (χ1v) is 9.87. The number of hydrogen-bond donors (Lipinski definition) is 1. The summed E-state index contributed by atoms with van der Waals surface area (Å²) in [5, 5.41) is 0.338. The van der Waals surface area contributed by atoms with E-state index < -0.39 is 11.9 Å². The number of nitrogens with zero attached hydrogens (tertiary/aromatic N) is 1. The van der Waals surface area contributed by atoms with E-state index in [0.29, 0.717) is 18.0 Å². The highest BCUT2D eigenvalue weighted by atomic mass is 35.5. The fourth-order valence-electron chi connectivity index (χ4n) is 3.23. The molecule has 2 N–H and O–H groups in total. The number of hydrogen-bond acceptors (Lipinski definition) is 2. The first-order valence-electron chi connectivity index (χ1n) is 9.49. The lowest BCUT2D eigenvalue weighted by Gasteiger charge is -2.27. The van der Waals surface area contributed by atoms with Gasteiger partial charge in [-0.15, -0.1) is 12.4 Å². The molecule has 3 aromatic rings. The summed E-state index contributed by atoms with van der Waals surface area (Å²) < 4.78 is 13.7.